The first-order chi connectivity index (χ1) is 10.0. The summed E-state index contributed by atoms with van der Waals surface area (Å²) in [6.45, 7) is 0.133. The molecule has 0 radical (unpaired) electrons. The van der Waals surface area contributed by atoms with Gasteiger partial charge in [-0.3, -0.25) is 9.36 Å². The molecule has 0 saturated heterocycles. The van der Waals surface area contributed by atoms with Crippen molar-refractivity contribution >= 4 is 26.8 Å². The first-order valence-electron chi connectivity index (χ1n) is 6.21. The number of nitrogens with one attached hydrogen (secondary N) is 1. The quantitative estimate of drug-likeness (QED) is 0.773. The third-order valence-corrected chi connectivity index (χ3v) is 3.73. The molecule has 3 aromatic rings. The van der Waals surface area contributed by atoms with Crippen LogP contribution in [0, 0.1) is 5.82 Å². The zero-order valence-electron chi connectivity index (χ0n) is 10.8. The third-order valence-electron chi connectivity index (χ3n) is 3.20. The van der Waals surface area contributed by atoms with Gasteiger partial charge in [0.1, 0.15) is 5.82 Å². The molecule has 0 aliphatic heterocycles. The molecule has 1 heterocycles. The van der Waals surface area contributed by atoms with Crippen LogP contribution < -0.4 is 11.2 Å². The number of hydrogen-bond donors (Lipinski definition) is 1. The Morgan fingerprint density at radius 2 is 1.81 bits per heavy atom. The Morgan fingerprint density at radius 3 is 2.52 bits per heavy atom. The van der Waals surface area contributed by atoms with E-state index >= 15 is 0 Å². The van der Waals surface area contributed by atoms with E-state index in [1.165, 1.54) is 12.1 Å². The summed E-state index contributed by atoms with van der Waals surface area (Å²) in [5.74, 6) is -0.512. The normalized spacial score (nSPS) is 11.0. The summed E-state index contributed by atoms with van der Waals surface area (Å²) in [4.78, 5) is 26.9. The number of halogens is 2. The number of nitrogens with zero attached hydrogens (tertiary/aromatic N) is 1. The maximum Gasteiger partial charge on any atom is 0.329 e. The Bertz CT molecular complexity index is 929. The second-order valence-corrected chi connectivity index (χ2v) is 5.55. The van der Waals surface area contributed by atoms with Crippen molar-refractivity contribution in [1.29, 1.82) is 0 Å². The van der Waals surface area contributed by atoms with Crippen LogP contribution in [0.2, 0.25) is 0 Å². The van der Waals surface area contributed by atoms with Gasteiger partial charge in [-0.25, -0.2) is 9.18 Å². The second kappa shape index (κ2) is 5.29. The summed E-state index contributed by atoms with van der Waals surface area (Å²) >= 11 is 3.32. The highest BCUT2D eigenvalue weighted by Crippen LogP contribution is 2.11. The Kier molecular flexibility index (Phi) is 3.47. The van der Waals surface area contributed by atoms with E-state index in [4.69, 9.17) is 0 Å². The minimum Gasteiger partial charge on any atom is -0.307 e. The van der Waals surface area contributed by atoms with E-state index in [2.05, 4.69) is 20.9 Å². The lowest BCUT2D eigenvalue weighted by molar-refractivity contribution is 0.628. The lowest BCUT2D eigenvalue weighted by Gasteiger charge is -2.07. The molecule has 3 rings (SSSR count). The predicted octanol–water partition coefficient (Wildman–Crippen LogP) is 2.64. The summed E-state index contributed by atoms with van der Waals surface area (Å²) in [6, 6.07) is 11.0. The Labute approximate surface area is 127 Å². The van der Waals surface area contributed by atoms with Crippen LogP contribution in [0.25, 0.3) is 10.9 Å². The molecule has 6 heteroatoms. The maximum atomic E-state index is 13.3. The molecule has 2 aromatic carbocycles. The van der Waals surface area contributed by atoms with Crippen LogP contribution in [0.1, 0.15) is 5.56 Å². The van der Waals surface area contributed by atoms with Crippen LogP contribution in [0.4, 0.5) is 4.39 Å². The average molecular weight is 349 g/mol. The monoisotopic (exact) mass is 348 g/mol. The van der Waals surface area contributed by atoms with Gasteiger partial charge in [0.05, 0.1) is 17.4 Å². The van der Waals surface area contributed by atoms with Gasteiger partial charge in [0, 0.05) is 4.47 Å². The Balaban J connectivity index is 2.16. The lowest BCUT2D eigenvalue weighted by atomic mass is 10.2. The number of aromatic nitrogens is 2. The van der Waals surface area contributed by atoms with Crippen molar-refractivity contribution in [2.45, 2.75) is 6.54 Å². The number of rotatable bonds is 2. The van der Waals surface area contributed by atoms with Gasteiger partial charge in [-0.05, 0) is 35.9 Å². The summed E-state index contributed by atoms with van der Waals surface area (Å²) in [6.07, 6.45) is 0. The molecule has 0 unspecified atom stereocenters. The number of fused-ring (bicyclic) bond motifs is 1. The fraction of sp³-hybridized carbons (Fsp3) is 0.0667. The van der Waals surface area contributed by atoms with Crippen molar-refractivity contribution in [3.8, 4) is 0 Å². The molecule has 4 nitrogen and oxygen atoms in total. The van der Waals surface area contributed by atoms with Crippen molar-refractivity contribution in [1.82, 2.24) is 9.55 Å². The summed E-state index contributed by atoms with van der Waals surface area (Å²) in [5, 5.41) is 0.159. The molecule has 0 spiro atoms. The first-order valence-corrected chi connectivity index (χ1v) is 7.01. The van der Waals surface area contributed by atoms with E-state index in [0.717, 1.165) is 20.7 Å². The molecular formula is C15H10BrFN2O2. The molecule has 0 atom stereocenters. The minimum atomic E-state index is -0.512. The van der Waals surface area contributed by atoms with Gasteiger partial charge in [-0.1, -0.05) is 28.1 Å². The van der Waals surface area contributed by atoms with Crippen LogP contribution >= 0.6 is 15.9 Å². The topological polar surface area (TPSA) is 54.9 Å². The van der Waals surface area contributed by atoms with Gasteiger partial charge in [0.25, 0.3) is 5.56 Å². The van der Waals surface area contributed by atoms with Gasteiger partial charge in [0.15, 0.2) is 0 Å². The summed E-state index contributed by atoms with van der Waals surface area (Å²) in [7, 11) is 0. The second-order valence-electron chi connectivity index (χ2n) is 4.64. The number of hydrogen-bond acceptors (Lipinski definition) is 2. The van der Waals surface area contributed by atoms with Crippen LogP contribution in [0.15, 0.2) is 56.5 Å². The van der Waals surface area contributed by atoms with Crippen LogP contribution in [-0.4, -0.2) is 9.55 Å². The van der Waals surface area contributed by atoms with Crippen molar-refractivity contribution in [3.05, 3.63) is 79.2 Å². The van der Waals surface area contributed by atoms with E-state index < -0.39 is 17.1 Å². The van der Waals surface area contributed by atoms with Gasteiger partial charge in [-0.2, -0.15) is 0 Å². The SMILES string of the molecule is O=c1[nH]c2ccc(F)cc2c(=O)n1Cc1ccc(Br)cc1. The number of H-pyrrole nitrogens is 1. The standard InChI is InChI=1S/C15H10BrFN2O2/c16-10-3-1-9(2-4-10)8-19-14(20)12-7-11(17)5-6-13(12)18-15(19)21/h1-7H,8H2,(H,18,21). The summed E-state index contributed by atoms with van der Waals surface area (Å²) in [5.41, 5.74) is 0.123. The van der Waals surface area contributed by atoms with Crippen LogP contribution in [-0.2, 0) is 6.54 Å². The molecule has 1 aromatic heterocycles. The third kappa shape index (κ3) is 2.67. The van der Waals surface area contributed by atoms with E-state index in [-0.39, 0.29) is 11.9 Å². The smallest absolute Gasteiger partial charge is 0.307 e. The highest BCUT2D eigenvalue weighted by molar-refractivity contribution is 9.10. The van der Waals surface area contributed by atoms with E-state index in [9.17, 15) is 14.0 Å². The van der Waals surface area contributed by atoms with Gasteiger partial charge in [-0.15, -0.1) is 0 Å². The highest BCUT2D eigenvalue weighted by Gasteiger charge is 2.09. The van der Waals surface area contributed by atoms with Gasteiger partial charge in [0.2, 0.25) is 0 Å². The molecule has 0 amide bonds. The molecule has 1 N–H and O–H groups in total. The maximum absolute atomic E-state index is 13.3. The fourth-order valence-corrected chi connectivity index (χ4v) is 2.40. The van der Waals surface area contributed by atoms with Crippen LogP contribution in [0.3, 0.4) is 0 Å². The fourth-order valence-electron chi connectivity index (χ4n) is 2.14. The van der Waals surface area contributed by atoms with E-state index in [1.807, 2.05) is 24.3 Å². The van der Waals surface area contributed by atoms with Gasteiger partial charge >= 0.3 is 5.69 Å². The lowest BCUT2D eigenvalue weighted by Crippen LogP contribution is -2.35. The van der Waals surface area contributed by atoms with Crippen molar-refractivity contribution in [3.63, 3.8) is 0 Å². The molecule has 0 bridgehead atoms. The van der Waals surface area contributed by atoms with Crippen molar-refractivity contribution in [2.24, 2.45) is 0 Å². The molecule has 21 heavy (non-hydrogen) atoms. The average Bonchev–Trinajstić information content (AvgIpc) is 2.46. The Morgan fingerprint density at radius 1 is 1.10 bits per heavy atom. The largest absolute Gasteiger partial charge is 0.329 e. The molecular weight excluding hydrogens is 339 g/mol. The molecule has 0 aliphatic rings. The number of benzene rings is 2. The molecule has 106 valence electrons. The molecule has 0 saturated carbocycles. The van der Waals surface area contributed by atoms with Gasteiger partial charge < -0.3 is 4.98 Å². The zero-order valence-corrected chi connectivity index (χ0v) is 12.4. The first kappa shape index (κ1) is 13.8. The van der Waals surface area contributed by atoms with Crippen LogP contribution in [0.5, 0.6) is 0 Å². The molecule has 0 aliphatic carbocycles. The minimum absolute atomic E-state index is 0.133. The Hall–Kier alpha value is -2.21. The number of aromatic amines is 1. The van der Waals surface area contributed by atoms with Crippen molar-refractivity contribution < 1.29 is 4.39 Å². The van der Waals surface area contributed by atoms with Crippen molar-refractivity contribution in [2.75, 3.05) is 0 Å². The van der Waals surface area contributed by atoms with E-state index in [1.54, 1.807) is 0 Å². The predicted molar refractivity (Wildman–Crippen MR) is 82.0 cm³/mol. The zero-order chi connectivity index (χ0) is 15.0. The molecule has 0 fully saturated rings. The highest BCUT2D eigenvalue weighted by atomic mass is 79.9. The van der Waals surface area contributed by atoms with E-state index in [0.29, 0.717) is 5.52 Å². The summed E-state index contributed by atoms with van der Waals surface area (Å²) < 4.78 is 15.2.